The fourth-order valence-electron chi connectivity index (χ4n) is 2.61. The molecule has 2 aromatic rings. The van der Waals surface area contributed by atoms with Crippen LogP contribution in [0.3, 0.4) is 0 Å². The van der Waals surface area contributed by atoms with Crippen molar-refractivity contribution in [3.63, 3.8) is 0 Å². The molecule has 0 bridgehead atoms. The Morgan fingerprint density at radius 1 is 0.958 bits per heavy atom. The van der Waals surface area contributed by atoms with E-state index in [-0.39, 0.29) is 11.2 Å². The highest BCUT2D eigenvalue weighted by molar-refractivity contribution is 8.00. The van der Waals surface area contributed by atoms with Crippen molar-refractivity contribution in [2.45, 2.75) is 57.6 Å². The summed E-state index contributed by atoms with van der Waals surface area (Å²) in [5, 5.41) is 3.00. The number of benzene rings is 2. The Kier molecular flexibility index (Phi) is 6.11. The van der Waals surface area contributed by atoms with E-state index in [1.54, 1.807) is 11.8 Å². The van der Waals surface area contributed by atoms with E-state index in [1.165, 1.54) is 16.7 Å². The second-order valence-electron chi connectivity index (χ2n) is 6.69. The number of rotatable bonds is 5. The van der Waals surface area contributed by atoms with Gasteiger partial charge in [0.25, 0.3) is 0 Å². The van der Waals surface area contributed by atoms with Gasteiger partial charge in [-0.05, 0) is 68.0 Å². The van der Waals surface area contributed by atoms with E-state index in [9.17, 15) is 4.79 Å². The average Bonchev–Trinajstić information content (AvgIpc) is 2.52. The molecule has 1 amide bonds. The molecule has 24 heavy (non-hydrogen) atoms. The third kappa shape index (κ3) is 4.41. The van der Waals surface area contributed by atoms with Crippen LogP contribution in [-0.2, 0) is 4.79 Å². The summed E-state index contributed by atoms with van der Waals surface area (Å²) >= 11 is 1.60. The van der Waals surface area contributed by atoms with Gasteiger partial charge >= 0.3 is 0 Å². The quantitative estimate of drug-likeness (QED) is 0.691. The van der Waals surface area contributed by atoms with Gasteiger partial charge in [-0.1, -0.05) is 38.1 Å². The van der Waals surface area contributed by atoms with Crippen molar-refractivity contribution in [3.05, 3.63) is 58.7 Å². The highest BCUT2D eigenvalue weighted by atomic mass is 32.2. The van der Waals surface area contributed by atoms with Crippen LogP contribution in [-0.4, -0.2) is 11.2 Å². The van der Waals surface area contributed by atoms with Gasteiger partial charge in [-0.2, -0.15) is 0 Å². The van der Waals surface area contributed by atoms with Gasteiger partial charge in [-0.3, -0.25) is 4.79 Å². The predicted octanol–water partition coefficient (Wildman–Crippen LogP) is 5.85. The molecule has 0 fully saturated rings. The molecule has 3 heteroatoms. The summed E-state index contributed by atoms with van der Waals surface area (Å²) in [6.45, 7) is 12.5. The number of nitrogens with one attached hydrogen (secondary N) is 1. The number of aryl methyl sites for hydroxylation is 3. The number of carbonyl (C=O) groups is 1. The Morgan fingerprint density at radius 2 is 1.67 bits per heavy atom. The summed E-state index contributed by atoms with van der Waals surface area (Å²) in [4.78, 5) is 13.8. The number of thioether (sulfide) groups is 1. The van der Waals surface area contributed by atoms with Gasteiger partial charge in [0.05, 0.1) is 5.25 Å². The van der Waals surface area contributed by atoms with Crippen molar-refractivity contribution in [3.8, 4) is 0 Å². The summed E-state index contributed by atoms with van der Waals surface area (Å²) in [5.41, 5.74) is 5.79. The molecule has 0 saturated carbocycles. The zero-order chi connectivity index (χ0) is 17.9. The van der Waals surface area contributed by atoms with Crippen LogP contribution in [0.4, 0.5) is 5.69 Å². The Balaban J connectivity index is 2.13. The van der Waals surface area contributed by atoms with Crippen molar-refractivity contribution in [1.29, 1.82) is 0 Å². The van der Waals surface area contributed by atoms with Crippen molar-refractivity contribution in [2.75, 3.05) is 5.32 Å². The van der Waals surface area contributed by atoms with Crippen LogP contribution in [0.5, 0.6) is 0 Å². The third-order valence-corrected chi connectivity index (χ3v) is 5.43. The van der Waals surface area contributed by atoms with Crippen molar-refractivity contribution < 1.29 is 4.79 Å². The van der Waals surface area contributed by atoms with Gasteiger partial charge < -0.3 is 5.32 Å². The molecule has 128 valence electrons. The lowest BCUT2D eigenvalue weighted by Crippen LogP contribution is -2.23. The summed E-state index contributed by atoms with van der Waals surface area (Å²) in [6.07, 6.45) is 0. The molecule has 2 aromatic carbocycles. The second kappa shape index (κ2) is 7.89. The Labute approximate surface area is 150 Å². The molecule has 0 heterocycles. The number of anilines is 1. The first-order valence-corrected chi connectivity index (χ1v) is 9.32. The molecule has 0 aliphatic heterocycles. The molecule has 0 saturated heterocycles. The maximum atomic E-state index is 12.7. The molecular weight excluding hydrogens is 314 g/mol. The highest BCUT2D eigenvalue weighted by Crippen LogP contribution is 2.30. The van der Waals surface area contributed by atoms with Crippen LogP contribution < -0.4 is 5.32 Å². The molecule has 2 nitrogen and oxygen atoms in total. The maximum absolute atomic E-state index is 12.7. The van der Waals surface area contributed by atoms with Crippen LogP contribution >= 0.6 is 11.8 Å². The molecule has 0 unspecified atom stereocenters. The lowest BCUT2D eigenvalue weighted by atomic mass is 9.98. The fraction of sp³-hybridized carbons (Fsp3) is 0.381. The molecule has 1 N–H and O–H groups in total. The zero-order valence-corrected chi connectivity index (χ0v) is 16.3. The largest absolute Gasteiger partial charge is 0.325 e. The Morgan fingerprint density at radius 3 is 2.29 bits per heavy atom. The van der Waals surface area contributed by atoms with Crippen LogP contribution in [0.25, 0.3) is 0 Å². The number of hydrogen-bond donors (Lipinski definition) is 1. The highest BCUT2D eigenvalue weighted by Gasteiger charge is 2.18. The van der Waals surface area contributed by atoms with Gasteiger partial charge in [0.15, 0.2) is 0 Å². The minimum Gasteiger partial charge on any atom is -0.325 e. The first-order chi connectivity index (χ1) is 11.3. The van der Waals surface area contributed by atoms with Crippen LogP contribution in [0.1, 0.15) is 48.9 Å². The molecule has 0 aliphatic rings. The summed E-state index contributed by atoms with van der Waals surface area (Å²) in [6, 6.07) is 12.5. The summed E-state index contributed by atoms with van der Waals surface area (Å²) in [5.74, 6) is 0.428. The number of amides is 1. The topological polar surface area (TPSA) is 29.1 Å². The van der Waals surface area contributed by atoms with E-state index in [0.717, 1.165) is 16.1 Å². The standard InChI is InChI=1S/C21H27NOS/c1-13(2)19-9-7-8-15(4)20(19)22-21(23)17(6)24-18-11-10-14(3)16(5)12-18/h7-13,17H,1-6H3,(H,22,23)/t17-/m0/s1. The third-order valence-electron chi connectivity index (χ3n) is 4.34. The lowest BCUT2D eigenvalue weighted by Gasteiger charge is -2.19. The smallest absolute Gasteiger partial charge is 0.237 e. The van der Waals surface area contributed by atoms with Crippen molar-refractivity contribution >= 4 is 23.4 Å². The van der Waals surface area contributed by atoms with Gasteiger partial charge in [-0.25, -0.2) is 0 Å². The van der Waals surface area contributed by atoms with Crippen LogP contribution in [0, 0.1) is 20.8 Å². The molecular formula is C21H27NOS. The van der Waals surface area contributed by atoms with Gasteiger partial charge in [0, 0.05) is 10.6 Å². The Bertz CT molecular complexity index is 737. The molecule has 0 aliphatic carbocycles. The SMILES string of the molecule is Cc1ccc(S[C@@H](C)C(=O)Nc2c(C)cccc2C(C)C)cc1C. The van der Waals surface area contributed by atoms with Gasteiger partial charge in [0.1, 0.15) is 0 Å². The van der Waals surface area contributed by atoms with Gasteiger partial charge in [-0.15, -0.1) is 11.8 Å². The monoisotopic (exact) mass is 341 g/mol. The van der Waals surface area contributed by atoms with Crippen LogP contribution in [0.15, 0.2) is 41.3 Å². The van der Waals surface area contributed by atoms with Crippen molar-refractivity contribution in [2.24, 2.45) is 0 Å². The molecule has 1 atom stereocenters. The van der Waals surface area contributed by atoms with E-state index in [2.05, 4.69) is 57.3 Å². The lowest BCUT2D eigenvalue weighted by molar-refractivity contribution is -0.115. The van der Waals surface area contributed by atoms with E-state index < -0.39 is 0 Å². The predicted molar refractivity (Wildman–Crippen MR) is 105 cm³/mol. The number of para-hydroxylation sites is 1. The first kappa shape index (κ1) is 18.6. The van der Waals surface area contributed by atoms with E-state index in [0.29, 0.717) is 5.92 Å². The first-order valence-electron chi connectivity index (χ1n) is 8.44. The second-order valence-corrected chi connectivity index (χ2v) is 8.10. The average molecular weight is 342 g/mol. The minimum absolute atomic E-state index is 0.0504. The van der Waals surface area contributed by atoms with Crippen LogP contribution in [0.2, 0.25) is 0 Å². The summed E-state index contributed by atoms with van der Waals surface area (Å²) in [7, 11) is 0. The molecule has 2 rings (SSSR count). The van der Waals surface area contributed by atoms with Gasteiger partial charge in [0.2, 0.25) is 5.91 Å². The van der Waals surface area contributed by atoms with E-state index >= 15 is 0 Å². The number of carbonyl (C=O) groups excluding carboxylic acids is 1. The maximum Gasteiger partial charge on any atom is 0.237 e. The molecule has 0 spiro atoms. The fourth-order valence-corrected chi connectivity index (χ4v) is 3.58. The number of hydrogen-bond acceptors (Lipinski definition) is 2. The Hall–Kier alpha value is -1.74. The van der Waals surface area contributed by atoms with E-state index in [4.69, 9.17) is 0 Å². The molecule has 0 aromatic heterocycles. The molecule has 0 radical (unpaired) electrons. The normalized spacial score (nSPS) is 12.3. The zero-order valence-electron chi connectivity index (χ0n) is 15.4. The summed E-state index contributed by atoms with van der Waals surface area (Å²) < 4.78 is 0. The minimum atomic E-state index is -0.147. The van der Waals surface area contributed by atoms with E-state index in [1.807, 2.05) is 26.0 Å². The van der Waals surface area contributed by atoms with Crippen molar-refractivity contribution in [1.82, 2.24) is 0 Å².